The molecule has 1 aliphatic carbocycles. The van der Waals surface area contributed by atoms with Crippen molar-refractivity contribution in [2.24, 2.45) is 5.92 Å². The molecule has 1 heterocycles. The third kappa shape index (κ3) is 7.72. The summed E-state index contributed by atoms with van der Waals surface area (Å²) < 4.78 is 90.2. The molecule has 0 bridgehead atoms. The second-order valence-electron chi connectivity index (χ2n) is 9.92. The van der Waals surface area contributed by atoms with E-state index in [1.165, 1.54) is 6.20 Å². The van der Waals surface area contributed by atoms with Crippen LogP contribution in [-0.4, -0.2) is 43.0 Å². The first kappa shape index (κ1) is 29.3. The van der Waals surface area contributed by atoms with Crippen molar-refractivity contribution in [3.8, 4) is 0 Å². The summed E-state index contributed by atoms with van der Waals surface area (Å²) in [5.41, 5.74) is -4.16. The Morgan fingerprint density at radius 2 is 1.64 bits per heavy atom. The molecular formula is C28H30F6N2O2S. The van der Waals surface area contributed by atoms with Gasteiger partial charge in [-0.3, -0.25) is 4.79 Å². The van der Waals surface area contributed by atoms with Crippen LogP contribution >= 0.6 is 11.8 Å². The minimum Gasteiger partial charge on any atom is -0.382 e. The van der Waals surface area contributed by atoms with Crippen molar-refractivity contribution >= 4 is 23.2 Å². The van der Waals surface area contributed by atoms with Gasteiger partial charge in [-0.2, -0.15) is 26.3 Å². The van der Waals surface area contributed by atoms with Gasteiger partial charge in [0.1, 0.15) is 0 Å². The summed E-state index contributed by atoms with van der Waals surface area (Å²) in [6, 6.07) is 8.65. The number of ether oxygens (including phenoxy) is 1. The third-order valence-corrected chi connectivity index (χ3v) is 7.98. The lowest BCUT2D eigenvalue weighted by molar-refractivity contribution is -0.163. The van der Waals surface area contributed by atoms with Crippen LogP contribution < -0.4 is 5.32 Å². The minimum absolute atomic E-state index is 0.236. The summed E-state index contributed by atoms with van der Waals surface area (Å²) in [6.45, 7) is 3.81. The Hall–Kier alpha value is -2.66. The molecule has 1 N–H and O–H groups in total. The fraction of sp³-hybridized carbons (Fsp3) is 0.464. The second kappa shape index (κ2) is 12.2. The fourth-order valence-electron chi connectivity index (χ4n) is 4.86. The van der Waals surface area contributed by atoms with Gasteiger partial charge in [0.15, 0.2) is 5.78 Å². The minimum atomic E-state index is -5.40. The van der Waals surface area contributed by atoms with E-state index in [9.17, 15) is 31.1 Å². The van der Waals surface area contributed by atoms with Crippen LogP contribution in [0.25, 0.3) is 0 Å². The monoisotopic (exact) mass is 572 g/mol. The topological polar surface area (TPSA) is 41.6 Å². The first-order chi connectivity index (χ1) is 18.4. The molecule has 4 rings (SSSR count). The molecule has 0 atom stereocenters. The molecule has 4 nitrogen and oxygen atoms in total. The fourth-order valence-corrected chi connectivity index (χ4v) is 5.90. The maximum absolute atomic E-state index is 14.2. The predicted molar refractivity (Wildman–Crippen MR) is 138 cm³/mol. The van der Waals surface area contributed by atoms with Crippen molar-refractivity contribution in [2.75, 3.05) is 31.6 Å². The number of carbonyl (C=O) groups excluding carboxylic acids is 1. The number of nitrogens with one attached hydrogen (secondary N) is 1. The maximum atomic E-state index is 14.2. The van der Waals surface area contributed by atoms with Gasteiger partial charge in [-0.15, -0.1) is 0 Å². The highest BCUT2D eigenvalue weighted by atomic mass is 32.2. The Labute approximate surface area is 227 Å². The van der Waals surface area contributed by atoms with Gasteiger partial charge in [-0.1, -0.05) is 24.8 Å². The number of carbonyl (C=O) groups is 1. The largest absolute Gasteiger partial charge is 0.418 e. The number of benzene rings is 2. The zero-order valence-corrected chi connectivity index (χ0v) is 22.2. The molecule has 0 aromatic heterocycles. The molecule has 2 aliphatic rings. The molecule has 212 valence electrons. The maximum Gasteiger partial charge on any atom is 0.418 e. The Bertz CT molecular complexity index is 1180. The molecule has 2 aromatic carbocycles. The lowest BCUT2D eigenvalue weighted by Gasteiger charge is -2.28. The van der Waals surface area contributed by atoms with Crippen LogP contribution in [0.5, 0.6) is 0 Å². The first-order valence-corrected chi connectivity index (χ1v) is 13.6. The summed E-state index contributed by atoms with van der Waals surface area (Å²) in [5, 5.41) is 3.39. The molecule has 39 heavy (non-hydrogen) atoms. The van der Waals surface area contributed by atoms with Crippen molar-refractivity contribution in [1.29, 1.82) is 0 Å². The number of hydrogen-bond donors (Lipinski definition) is 1. The molecule has 0 radical (unpaired) electrons. The molecule has 1 aliphatic heterocycles. The van der Waals surface area contributed by atoms with Gasteiger partial charge in [-0.05, 0) is 61.9 Å². The lowest BCUT2D eigenvalue weighted by Crippen LogP contribution is -2.32. The summed E-state index contributed by atoms with van der Waals surface area (Å²) in [5.74, 6) is -0.498. The normalized spacial score (nSPS) is 20.8. The van der Waals surface area contributed by atoms with Crippen LogP contribution in [0.1, 0.15) is 54.1 Å². The average Bonchev–Trinajstić information content (AvgIpc) is 2.88. The molecule has 2 fully saturated rings. The van der Waals surface area contributed by atoms with E-state index in [1.807, 2.05) is 0 Å². The van der Waals surface area contributed by atoms with E-state index in [4.69, 9.17) is 4.74 Å². The van der Waals surface area contributed by atoms with Crippen molar-refractivity contribution in [3.63, 3.8) is 0 Å². The number of allylic oxidation sites excluding steroid dienone is 1. The second-order valence-corrected chi connectivity index (χ2v) is 11.0. The number of ketones is 1. The Morgan fingerprint density at radius 1 is 0.974 bits per heavy atom. The van der Waals surface area contributed by atoms with Gasteiger partial charge in [-0.25, -0.2) is 0 Å². The van der Waals surface area contributed by atoms with Gasteiger partial charge < -0.3 is 15.0 Å². The predicted octanol–water partition coefficient (Wildman–Crippen LogP) is 7.89. The van der Waals surface area contributed by atoms with Crippen molar-refractivity contribution in [2.45, 2.75) is 60.8 Å². The SMILES string of the molecule is CC1CCC(Nc2cccc(Sc3ccc(C(=O)C=CN4CCOCC4)c(C(F)(F)F)c3C(F)(F)F)c2)CC1. The molecule has 11 heteroatoms. The van der Waals surface area contributed by atoms with Crippen LogP contribution in [0.4, 0.5) is 32.0 Å². The number of halogens is 6. The smallest absolute Gasteiger partial charge is 0.382 e. The number of rotatable bonds is 7. The highest BCUT2D eigenvalue weighted by Gasteiger charge is 2.47. The van der Waals surface area contributed by atoms with Crippen LogP contribution in [0.15, 0.2) is 58.5 Å². The molecule has 1 saturated carbocycles. The van der Waals surface area contributed by atoms with Crippen LogP contribution in [0.3, 0.4) is 0 Å². The number of alkyl halides is 6. The molecule has 0 amide bonds. The van der Waals surface area contributed by atoms with E-state index in [-0.39, 0.29) is 6.04 Å². The van der Waals surface area contributed by atoms with Crippen LogP contribution in [0.2, 0.25) is 0 Å². The Kier molecular flexibility index (Phi) is 9.21. The van der Waals surface area contributed by atoms with E-state index in [1.54, 1.807) is 29.2 Å². The molecule has 2 aromatic rings. The average molecular weight is 573 g/mol. The summed E-state index contributed by atoms with van der Waals surface area (Å²) in [7, 11) is 0. The third-order valence-electron chi connectivity index (χ3n) is 6.93. The summed E-state index contributed by atoms with van der Waals surface area (Å²) in [6.07, 6.45) is -4.46. The van der Waals surface area contributed by atoms with Crippen molar-refractivity contribution in [3.05, 3.63) is 65.4 Å². The van der Waals surface area contributed by atoms with E-state index in [0.717, 1.165) is 43.9 Å². The van der Waals surface area contributed by atoms with E-state index in [2.05, 4.69) is 12.2 Å². The van der Waals surface area contributed by atoms with Gasteiger partial charge in [0.2, 0.25) is 0 Å². The van der Waals surface area contributed by atoms with E-state index < -0.39 is 39.7 Å². The highest BCUT2D eigenvalue weighted by molar-refractivity contribution is 7.99. The van der Waals surface area contributed by atoms with Gasteiger partial charge >= 0.3 is 12.4 Å². The molecule has 0 spiro atoms. The van der Waals surface area contributed by atoms with Gasteiger partial charge in [0.25, 0.3) is 0 Å². The molecular weight excluding hydrogens is 542 g/mol. The number of nitrogens with zero attached hydrogens (tertiary/aromatic N) is 1. The first-order valence-electron chi connectivity index (χ1n) is 12.8. The number of morpholine rings is 1. The Balaban J connectivity index is 1.65. The number of anilines is 1. The molecule has 1 saturated heterocycles. The van der Waals surface area contributed by atoms with E-state index >= 15 is 0 Å². The quantitative estimate of drug-likeness (QED) is 0.208. The standard InChI is InChI=1S/C28H30F6N2O2S/c1-18-5-7-19(8-6-18)35-20-3-2-4-21(17-20)39-24-10-9-22(23(37)11-12-36-13-15-38-16-14-36)25(27(29,30)31)26(24)28(32,33)34/h2-4,9-12,17-19,35H,5-8,13-16H2,1H3. The number of hydrogen-bond acceptors (Lipinski definition) is 5. The van der Waals surface area contributed by atoms with Gasteiger partial charge in [0, 0.05) is 52.4 Å². The zero-order valence-electron chi connectivity index (χ0n) is 21.4. The summed E-state index contributed by atoms with van der Waals surface area (Å²) >= 11 is 0.593. The van der Waals surface area contributed by atoms with Crippen molar-refractivity contribution < 1.29 is 35.9 Å². The van der Waals surface area contributed by atoms with E-state index in [0.29, 0.717) is 54.6 Å². The van der Waals surface area contributed by atoms with Crippen LogP contribution in [0, 0.1) is 5.92 Å². The highest BCUT2D eigenvalue weighted by Crippen LogP contribution is 2.48. The zero-order chi connectivity index (χ0) is 28.2. The molecule has 0 unspecified atom stereocenters. The van der Waals surface area contributed by atoms with Crippen LogP contribution in [-0.2, 0) is 17.1 Å². The summed E-state index contributed by atoms with van der Waals surface area (Å²) in [4.78, 5) is 14.1. The lowest BCUT2D eigenvalue weighted by atomic mass is 9.87. The van der Waals surface area contributed by atoms with Gasteiger partial charge in [0.05, 0.1) is 24.3 Å². The van der Waals surface area contributed by atoms with Crippen molar-refractivity contribution in [1.82, 2.24) is 4.90 Å². The Morgan fingerprint density at radius 3 is 2.28 bits per heavy atom.